The molecule has 0 saturated carbocycles. The minimum absolute atomic E-state index is 0. The van der Waals surface area contributed by atoms with Crippen LogP contribution in [0.3, 0.4) is 0 Å². The summed E-state index contributed by atoms with van der Waals surface area (Å²) in [6.45, 7) is 4.56. The summed E-state index contributed by atoms with van der Waals surface area (Å²) in [5.74, 6) is 0.492. The lowest BCUT2D eigenvalue weighted by molar-refractivity contribution is -0.116. The number of amides is 1. The van der Waals surface area contributed by atoms with E-state index in [9.17, 15) is 13.2 Å². The zero-order chi connectivity index (χ0) is 16.4. The number of hydrogen-bond acceptors (Lipinski definition) is 4. The molecule has 2 aliphatic heterocycles. The van der Waals surface area contributed by atoms with E-state index in [-0.39, 0.29) is 23.2 Å². The highest BCUT2D eigenvalue weighted by Crippen LogP contribution is 2.30. The Balaban J connectivity index is 0.00000208. The fourth-order valence-electron chi connectivity index (χ4n) is 3.29. The normalized spacial score (nSPS) is 19.9. The molecule has 1 saturated heterocycles. The number of nitrogens with one attached hydrogen (secondary N) is 2. The number of hydrogen-bond donors (Lipinski definition) is 2. The number of halogens is 1. The summed E-state index contributed by atoms with van der Waals surface area (Å²) in [6, 6.07) is 5.05. The van der Waals surface area contributed by atoms with E-state index in [1.807, 2.05) is 6.07 Å². The van der Waals surface area contributed by atoms with E-state index in [2.05, 4.69) is 10.0 Å². The summed E-state index contributed by atoms with van der Waals surface area (Å²) in [5, 5.41) is 3.28. The SMILES string of the molecule is CC(=O)N1CCc2ccc(S(=O)(=O)NCCC3CCNC3)cc21.Cl. The Hall–Kier alpha value is -1.15. The van der Waals surface area contributed by atoms with Crippen LogP contribution in [0.5, 0.6) is 0 Å². The van der Waals surface area contributed by atoms with E-state index in [0.29, 0.717) is 19.0 Å². The third-order valence-corrected chi connectivity index (χ3v) is 6.11. The highest BCUT2D eigenvalue weighted by atomic mass is 35.5. The van der Waals surface area contributed by atoms with Gasteiger partial charge in [0.25, 0.3) is 0 Å². The molecule has 1 aromatic rings. The molecule has 8 heteroatoms. The number of rotatable bonds is 5. The summed E-state index contributed by atoms with van der Waals surface area (Å²) >= 11 is 0. The van der Waals surface area contributed by atoms with Crippen LogP contribution in [0.2, 0.25) is 0 Å². The van der Waals surface area contributed by atoms with Crippen molar-refractivity contribution in [1.29, 1.82) is 0 Å². The second-order valence-electron chi connectivity index (χ2n) is 6.26. The van der Waals surface area contributed by atoms with Gasteiger partial charge in [0.05, 0.1) is 4.90 Å². The van der Waals surface area contributed by atoms with Crippen LogP contribution in [0.25, 0.3) is 0 Å². The van der Waals surface area contributed by atoms with Crippen LogP contribution >= 0.6 is 12.4 Å². The first-order chi connectivity index (χ1) is 11.0. The van der Waals surface area contributed by atoms with Gasteiger partial charge in [-0.15, -0.1) is 12.4 Å². The predicted octanol–water partition coefficient (Wildman–Crippen LogP) is 1.30. The molecular formula is C16H24ClN3O3S. The van der Waals surface area contributed by atoms with Gasteiger partial charge in [0.1, 0.15) is 0 Å². The average Bonchev–Trinajstić information content (AvgIpc) is 3.15. The first-order valence-electron chi connectivity index (χ1n) is 8.09. The molecule has 1 aromatic carbocycles. The third-order valence-electron chi connectivity index (χ3n) is 4.65. The third kappa shape index (κ3) is 4.08. The maximum Gasteiger partial charge on any atom is 0.240 e. The molecule has 6 nitrogen and oxygen atoms in total. The quantitative estimate of drug-likeness (QED) is 0.815. The van der Waals surface area contributed by atoms with Crippen molar-refractivity contribution in [3.05, 3.63) is 23.8 Å². The van der Waals surface area contributed by atoms with E-state index in [1.165, 1.54) is 6.92 Å². The molecule has 0 spiro atoms. The molecule has 3 rings (SSSR count). The fourth-order valence-corrected chi connectivity index (χ4v) is 4.36. The zero-order valence-corrected chi connectivity index (χ0v) is 15.4. The number of nitrogens with zero attached hydrogens (tertiary/aromatic N) is 1. The van der Waals surface area contributed by atoms with E-state index in [4.69, 9.17) is 0 Å². The highest BCUT2D eigenvalue weighted by Gasteiger charge is 2.25. The van der Waals surface area contributed by atoms with Gasteiger partial charge >= 0.3 is 0 Å². The molecule has 2 N–H and O–H groups in total. The highest BCUT2D eigenvalue weighted by molar-refractivity contribution is 7.89. The van der Waals surface area contributed by atoms with E-state index >= 15 is 0 Å². The van der Waals surface area contributed by atoms with Crippen LogP contribution < -0.4 is 14.9 Å². The summed E-state index contributed by atoms with van der Waals surface area (Å²) < 4.78 is 27.6. The summed E-state index contributed by atoms with van der Waals surface area (Å²) in [6.07, 6.45) is 2.72. The van der Waals surface area contributed by atoms with Crippen LogP contribution in [-0.2, 0) is 21.2 Å². The molecular weight excluding hydrogens is 350 g/mol. The number of benzene rings is 1. The van der Waals surface area contributed by atoms with Gasteiger partial charge in [-0.1, -0.05) is 6.07 Å². The van der Waals surface area contributed by atoms with Gasteiger partial charge in [-0.25, -0.2) is 13.1 Å². The number of fused-ring (bicyclic) bond motifs is 1. The number of sulfonamides is 1. The van der Waals surface area contributed by atoms with Crippen molar-refractivity contribution in [3.8, 4) is 0 Å². The molecule has 1 fully saturated rings. The maximum absolute atomic E-state index is 12.5. The van der Waals surface area contributed by atoms with Crippen LogP contribution in [0.4, 0.5) is 5.69 Å². The van der Waals surface area contributed by atoms with Crippen molar-refractivity contribution < 1.29 is 13.2 Å². The van der Waals surface area contributed by atoms with Crippen molar-refractivity contribution >= 4 is 34.0 Å². The fraction of sp³-hybridized carbons (Fsp3) is 0.562. The monoisotopic (exact) mass is 373 g/mol. The van der Waals surface area contributed by atoms with E-state index < -0.39 is 10.0 Å². The van der Waals surface area contributed by atoms with Crippen molar-refractivity contribution in [2.45, 2.75) is 31.1 Å². The predicted molar refractivity (Wildman–Crippen MR) is 96.2 cm³/mol. The van der Waals surface area contributed by atoms with Crippen LogP contribution in [0.1, 0.15) is 25.3 Å². The van der Waals surface area contributed by atoms with E-state index in [0.717, 1.165) is 43.6 Å². The maximum atomic E-state index is 12.5. The largest absolute Gasteiger partial charge is 0.316 e. The smallest absolute Gasteiger partial charge is 0.240 e. The average molecular weight is 374 g/mol. The topological polar surface area (TPSA) is 78.5 Å². The number of carbonyl (C=O) groups excluding carboxylic acids is 1. The van der Waals surface area contributed by atoms with Crippen molar-refractivity contribution in [2.24, 2.45) is 5.92 Å². The Morgan fingerprint density at radius 2 is 2.21 bits per heavy atom. The van der Waals surface area contributed by atoms with Crippen molar-refractivity contribution in [3.63, 3.8) is 0 Å². The zero-order valence-electron chi connectivity index (χ0n) is 13.7. The molecule has 1 atom stereocenters. The van der Waals surface area contributed by atoms with Gasteiger partial charge in [0.15, 0.2) is 0 Å². The lowest BCUT2D eigenvalue weighted by atomic mass is 10.1. The van der Waals surface area contributed by atoms with Crippen molar-refractivity contribution in [2.75, 3.05) is 31.1 Å². The van der Waals surface area contributed by atoms with Gasteiger partial charge in [0, 0.05) is 25.7 Å². The lowest BCUT2D eigenvalue weighted by Crippen LogP contribution is -2.28. The first-order valence-corrected chi connectivity index (χ1v) is 9.57. The molecule has 0 radical (unpaired) electrons. The van der Waals surface area contributed by atoms with Crippen molar-refractivity contribution in [1.82, 2.24) is 10.0 Å². The molecule has 0 aromatic heterocycles. The Labute approximate surface area is 149 Å². The summed E-state index contributed by atoms with van der Waals surface area (Å²) in [5.41, 5.74) is 1.75. The molecule has 1 unspecified atom stereocenters. The standard InChI is InChI=1S/C16H23N3O3S.ClH/c1-12(20)19-9-6-14-2-3-15(10-16(14)19)23(21,22)18-8-5-13-4-7-17-11-13;/h2-3,10,13,17-18H,4-9,11H2,1H3;1H. The summed E-state index contributed by atoms with van der Waals surface area (Å²) in [4.78, 5) is 13.5. The van der Waals surface area contributed by atoms with Gasteiger partial charge in [0.2, 0.25) is 15.9 Å². The van der Waals surface area contributed by atoms with Gasteiger partial charge in [-0.05, 0) is 56.0 Å². The summed E-state index contributed by atoms with van der Waals surface area (Å²) in [7, 11) is -3.53. The van der Waals surface area contributed by atoms with Crippen LogP contribution in [0, 0.1) is 5.92 Å². The van der Waals surface area contributed by atoms with E-state index in [1.54, 1.807) is 17.0 Å². The van der Waals surface area contributed by atoms with Gasteiger partial charge < -0.3 is 10.2 Å². The first kappa shape index (κ1) is 19.2. The Kier molecular flexibility index (Phi) is 6.25. The van der Waals surface area contributed by atoms with Gasteiger partial charge in [-0.2, -0.15) is 0 Å². The Morgan fingerprint density at radius 3 is 2.88 bits per heavy atom. The minimum atomic E-state index is -3.53. The molecule has 134 valence electrons. The molecule has 1 amide bonds. The molecule has 2 heterocycles. The Bertz CT molecular complexity index is 703. The molecule has 24 heavy (non-hydrogen) atoms. The van der Waals surface area contributed by atoms with Gasteiger partial charge in [-0.3, -0.25) is 4.79 Å². The minimum Gasteiger partial charge on any atom is -0.316 e. The second-order valence-corrected chi connectivity index (χ2v) is 8.02. The Morgan fingerprint density at radius 1 is 1.42 bits per heavy atom. The lowest BCUT2D eigenvalue weighted by Gasteiger charge is -2.16. The number of anilines is 1. The molecule has 0 aliphatic carbocycles. The molecule has 2 aliphatic rings. The number of carbonyl (C=O) groups is 1. The second kappa shape index (κ2) is 7.82. The molecule has 0 bridgehead atoms. The van der Waals surface area contributed by atoms with Crippen LogP contribution in [0.15, 0.2) is 23.1 Å². The van der Waals surface area contributed by atoms with Crippen LogP contribution in [-0.4, -0.2) is 40.5 Å².